The maximum Gasteiger partial charge on any atom is 0.232 e. The van der Waals surface area contributed by atoms with Gasteiger partial charge in [-0.25, -0.2) is 0 Å². The van der Waals surface area contributed by atoms with Crippen LogP contribution in [0.15, 0.2) is 12.1 Å². The smallest absolute Gasteiger partial charge is 0.232 e. The standard InChI is InChI=1S/C11H13N3O3/c1-16-9-3-2-7-10(14-9)12-8-5-17-4-6(8)11(15)13-7/h2-3,6,8H,4-5H2,1H3,(H,12,14)(H,13,15). The monoisotopic (exact) mass is 235 g/mol. The summed E-state index contributed by atoms with van der Waals surface area (Å²) in [5.74, 6) is 0.972. The van der Waals surface area contributed by atoms with Crippen molar-refractivity contribution in [2.75, 3.05) is 31.0 Å². The molecule has 1 aromatic heterocycles. The molecule has 6 nitrogen and oxygen atoms in total. The number of amides is 1. The lowest BCUT2D eigenvalue weighted by atomic mass is 10.0. The summed E-state index contributed by atoms with van der Waals surface area (Å²) in [7, 11) is 1.56. The molecule has 1 amide bonds. The Morgan fingerprint density at radius 2 is 2.35 bits per heavy atom. The molecule has 17 heavy (non-hydrogen) atoms. The summed E-state index contributed by atoms with van der Waals surface area (Å²) in [5.41, 5.74) is 0.685. The van der Waals surface area contributed by atoms with Gasteiger partial charge in [0.25, 0.3) is 0 Å². The Morgan fingerprint density at radius 3 is 3.18 bits per heavy atom. The molecule has 0 bridgehead atoms. The van der Waals surface area contributed by atoms with Crippen LogP contribution >= 0.6 is 0 Å². The van der Waals surface area contributed by atoms with E-state index >= 15 is 0 Å². The van der Waals surface area contributed by atoms with Crippen molar-refractivity contribution in [1.82, 2.24) is 4.98 Å². The van der Waals surface area contributed by atoms with Crippen molar-refractivity contribution in [1.29, 1.82) is 0 Å². The molecular formula is C11H13N3O3. The Hall–Kier alpha value is -1.82. The molecule has 3 heterocycles. The first kappa shape index (κ1) is 10.3. The molecule has 2 unspecified atom stereocenters. The van der Waals surface area contributed by atoms with Crippen LogP contribution < -0.4 is 15.4 Å². The Bertz CT molecular complexity index is 463. The fourth-order valence-corrected chi connectivity index (χ4v) is 2.12. The first-order chi connectivity index (χ1) is 8.28. The third kappa shape index (κ3) is 1.70. The summed E-state index contributed by atoms with van der Waals surface area (Å²) >= 11 is 0. The molecular weight excluding hydrogens is 222 g/mol. The Balaban J connectivity index is 1.98. The highest BCUT2D eigenvalue weighted by atomic mass is 16.5. The number of fused-ring (bicyclic) bond motifs is 2. The van der Waals surface area contributed by atoms with E-state index in [0.717, 1.165) is 0 Å². The number of hydrogen-bond donors (Lipinski definition) is 2. The van der Waals surface area contributed by atoms with Gasteiger partial charge in [-0.1, -0.05) is 0 Å². The van der Waals surface area contributed by atoms with Crippen molar-refractivity contribution in [3.63, 3.8) is 0 Å². The zero-order valence-corrected chi connectivity index (χ0v) is 9.40. The molecule has 0 spiro atoms. The molecule has 0 saturated carbocycles. The third-order valence-corrected chi connectivity index (χ3v) is 3.08. The van der Waals surface area contributed by atoms with E-state index in [1.807, 2.05) is 0 Å². The van der Waals surface area contributed by atoms with E-state index in [-0.39, 0.29) is 17.9 Å². The van der Waals surface area contributed by atoms with Crippen LogP contribution in [0, 0.1) is 5.92 Å². The largest absolute Gasteiger partial charge is 0.481 e. The molecule has 0 aromatic carbocycles. The van der Waals surface area contributed by atoms with Crippen molar-refractivity contribution in [3.05, 3.63) is 12.1 Å². The van der Waals surface area contributed by atoms with Crippen LogP contribution in [-0.2, 0) is 9.53 Å². The number of anilines is 2. The number of carbonyl (C=O) groups is 1. The SMILES string of the molecule is COc1ccc2c(n1)NC1COCC1C(=O)N2. The number of methoxy groups -OCH3 is 1. The van der Waals surface area contributed by atoms with Crippen LogP contribution in [0.5, 0.6) is 5.88 Å². The van der Waals surface area contributed by atoms with E-state index < -0.39 is 0 Å². The molecule has 2 aliphatic heterocycles. The second kappa shape index (κ2) is 3.89. The van der Waals surface area contributed by atoms with Gasteiger partial charge >= 0.3 is 0 Å². The molecule has 1 fully saturated rings. The molecule has 2 atom stereocenters. The summed E-state index contributed by atoms with van der Waals surface area (Å²) in [6, 6.07) is 3.49. The van der Waals surface area contributed by atoms with Gasteiger partial charge in [-0.15, -0.1) is 0 Å². The van der Waals surface area contributed by atoms with Gasteiger partial charge in [-0.2, -0.15) is 4.98 Å². The first-order valence-electron chi connectivity index (χ1n) is 5.48. The number of nitrogens with one attached hydrogen (secondary N) is 2. The number of aromatic nitrogens is 1. The number of pyridine rings is 1. The highest BCUT2D eigenvalue weighted by Gasteiger charge is 2.37. The van der Waals surface area contributed by atoms with Crippen molar-refractivity contribution in [2.45, 2.75) is 6.04 Å². The van der Waals surface area contributed by atoms with Crippen molar-refractivity contribution in [2.24, 2.45) is 5.92 Å². The van der Waals surface area contributed by atoms with Crippen LogP contribution in [0.25, 0.3) is 0 Å². The van der Waals surface area contributed by atoms with Gasteiger partial charge in [0.15, 0.2) is 5.82 Å². The fraction of sp³-hybridized carbons (Fsp3) is 0.455. The second-order valence-corrected chi connectivity index (χ2v) is 4.13. The van der Waals surface area contributed by atoms with Crippen LogP contribution in [-0.4, -0.2) is 37.3 Å². The number of rotatable bonds is 1. The Labute approximate surface area is 98.3 Å². The highest BCUT2D eigenvalue weighted by molar-refractivity contribution is 5.97. The molecule has 6 heteroatoms. The zero-order valence-electron chi connectivity index (χ0n) is 9.40. The predicted octanol–water partition coefficient (Wildman–Crippen LogP) is 0.469. The van der Waals surface area contributed by atoms with Crippen molar-refractivity contribution >= 4 is 17.4 Å². The minimum Gasteiger partial charge on any atom is -0.481 e. The van der Waals surface area contributed by atoms with E-state index in [2.05, 4.69) is 15.6 Å². The minimum absolute atomic E-state index is 0.0177. The molecule has 1 aromatic rings. The van der Waals surface area contributed by atoms with Crippen LogP contribution in [0.1, 0.15) is 0 Å². The van der Waals surface area contributed by atoms with Crippen LogP contribution in [0.3, 0.4) is 0 Å². The minimum atomic E-state index is -0.157. The molecule has 2 aliphatic rings. The fourth-order valence-electron chi connectivity index (χ4n) is 2.12. The number of carbonyl (C=O) groups excluding carboxylic acids is 1. The Kier molecular flexibility index (Phi) is 2.36. The van der Waals surface area contributed by atoms with E-state index in [1.54, 1.807) is 19.2 Å². The predicted molar refractivity (Wildman–Crippen MR) is 61.1 cm³/mol. The van der Waals surface area contributed by atoms with Gasteiger partial charge in [-0.05, 0) is 6.07 Å². The normalized spacial score (nSPS) is 26.3. The van der Waals surface area contributed by atoms with Crippen molar-refractivity contribution in [3.8, 4) is 5.88 Å². The van der Waals surface area contributed by atoms with Gasteiger partial charge in [-0.3, -0.25) is 4.79 Å². The van der Waals surface area contributed by atoms with Gasteiger partial charge in [0.2, 0.25) is 11.8 Å². The number of nitrogens with zero attached hydrogens (tertiary/aromatic N) is 1. The lowest BCUT2D eigenvalue weighted by Gasteiger charge is -2.13. The average molecular weight is 235 g/mol. The lowest BCUT2D eigenvalue weighted by Crippen LogP contribution is -2.33. The maximum atomic E-state index is 11.9. The van der Waals surface area contributed by atoms with E-state index in [9.17, 15) is 4.79 Å². The summed E-state index contributed by atoms with van der Waals surface area (Å²) < 4.78 is 10.4. The molecule has 90 valence electrons. The van der Waals surface area contributed by atoms with Crippen molar-refractivity contribution < 1.29 is 14.3 Å². The van der Waals surface area contributed by atoms with Gasteiger partial charge in [0.05, 0.1) is 38.0 Å². The zero-order chi connectivity index (χ0) is 11.8. The average Bonchev–Trinajstić information content (AvgIpc) is 2.75. The summed E-state index contributed by atoms with van der Waals surface area (Å²) in [6.07, 6.45) is 0. The maximum absolute atomic E-state index is 11.9. The van der Waals surface area contributed by atoms with E-state index in [0.29, 0.717) is 30.6 Å². The number of ether oxygens (including phenoxy) is 2. The summed E-state index contributed by atoms with van der Waals surface area (Å²) in [5, 5.41) is 6.07. The van der Waals surface area contributed by atoms with Gasteiger partial charge in [0.1, 0.15) is 0 Å². The summed E-state index contributed by atoms with van der Waals surface area (Å²) in [4.78, 5) is 16.2. The third-order valence-electron chi connectivity index (χ3n) is 3.08. The van der Waals surface area contributed by atoms with E-state index in [4.69, 9.17) is 9.47 Å². The second-order valence-electron chi connectivity index (χ2n) is 4.13. The Morgan fingerprint density at radius 1 is 1.47 bits per heavy atom. The molecule has 3 rings (SSSR count). The topological polar surface area (TPSA) is 72.5 Å². The highest BCUT2D eigenvalue weighted by Crippen LogP contribution is 2.30. The lowest BCUT2D eigenvalue weighted by molar-refractivity contribution is -0.119. The molecule has 0 aliphatic carbocycles. The van der Waals surface area contributed by atoms with Crippen LogP contribution in [0.4, 0.5) is 11.5 Å². The van der Waals surface area contributed by atoms with Crippen LogP contribution in [0.2, 0.25) is 0 Å². The van der Waals surface area contributed by atoms with Gasteiger partial charge < -0.3 is 20.1 Å². The molecule has 0 radical (unpaired) electrons. The quantitative estimate of drug-likeness (QED) is 0.740. The summed E-state index contributed by atoms with van der Waals surface area (Å²) in [6.45, 7) is 0.977. The first-order valence-corrected chi connectivity index (χ1v) is 5.48. The molecule has 1 saturated heterocycles. The molecule has 2 N–H and O–H groups in total. The van der Waals surface area contributed by atoms with E-state index in [1.165, 1.54) is 0 Å². The number of hydrogen-bond acceptors (Lipinski definition) is 5. The van der Waals surface area contributed by atoms with Gasteiger partial charge in [0, 0.05) is 6.07 Å².